The summed E-state index contributed by atoms with van der Waals surface area (Å²) >= 11 is 1.77. The summed E-state index contributed by atoms with van der Waals surface area (Å²) in [5.74, 6) is -1.10. The first-order chi connectivity index (χ1) is 14.3. The third kappa shape index (κ3) is 5.46. The summed E-state index contributed by atoms with van der Waals surface area (Å²) in [6.07, 6.45) is 9.71. The number of carbonyl (C=O) groups is 2. The monoisotopic (exact) mass is 426 g/mol. The van der Waals surface area contributed by atoms with E-state index in [9.17, 15) is 14.7 Å². The van der Waals surface area contributed by atoms with Gasteiger partial charge in [-0.25, -0.2) is 0 Å². The lowest BCUT2D eigenvalue weighted by Crippen LogP contribution is -2.20. The van der Waals surface area contributed by atoms with Gasteiger partial charge in [-0.05, 0) is 36.8 Å². The molecule has 1 aromatic heterocycles. The fraction of sp³-hybridized carbons (Fsp3) is 0.440. The number of fused-ring (bicyclic) bond motifs is 1. The molecule has 1 aliphatic rings. The van der Waals surface area contributed by atoms with E-state index in [-0.39, 0.29) is 35.9 Å². The summed E-state index contributed by atoms with van der Waals surface area (Å²) in [5.41, 5.74) is -0.200. The Hall–Kier alpha value is -2.24. The molecule has 0 amide bonds. The van der Waals surface area contributed by atoms with E-state index in [1.165, 1.54) is 15.0 Å². The number of unbranched alkanes of at least 4 members (excludes halogenated alkanes) is 1. The molecule has 1 fully saturated rings. The van der Waals surface area contributed by atoms with E-state index in [4.69, 9.17) is 5.11 Å². The first kappa shape index (κ1) is 22.4. The summed E-state index contributed by atoms with van der Waals surface area (Å²) < 4.78 is 1.26. The van der Waals surface area contributed by atoms with Gasteiger partial charge in [-0.15, -0.1) is 11.3 Å². The van der Waals surface area contributed by atoms with Gasteiger partial charge in [0.15, 0.2) is 0 Å². The second-order valence-corrected chi connectivity index (χ2v) is 9.73. The van der Waals surface area contributed by atoms with Gasteiger partial charge in [0, 0.05) is 39.7 Å². The lowest BCUT2D eigenvalue weighted by atomic mass is 9.85. The molecule has 0 bridgehead atoms. The van der Waals surface area contributed by atoms with E-state index in [2.05, 4.69) is 38.1 Å². The Morgan fingerprint density at radius 3 is 2.77 bits per heavy atom. The summed E-state index contributed by atoms with van der Waals surface area (Å²) in [5, 5.41) is 20.3. The highest BCUT2D eigenvalue weighted by atomic mass is 32.1. The van der Waals surface area contributed by atoms with Crippen LogP contribution in [0.3, 0.4) is 0 Å². The van der Waals surface area contributed by atoms with Gasteiger partial charge in [0.25, 0.3) is 0 Å². The lowest BCUT2D eigenvalue weighted by molar-refractivity contribution is -0.137. The Morgan fingerprint density at radius 1 is 1.27 bits per heavy atom. The molecular formula is C25H30O4S. The molecule has 2 N–H and O–H groups in total. The van der Waals surface area contributed by atoms with Crippen LogP contribution in [0.2, 0.25) is 0 Å². The maximum absolute atomic E-state index is 12.5. The predicted molar refractivity (Wildman–Crippen MR) is 122 cm³/mol. The first-order valence-corrected chi connectivity index (χ1v) is 11.4. The summed E-state index contributed by atoms with van der Waals surface area (Å²) in [4.78, 5) is 24.3. The van der Waals surface area contributed by atoms with Crippen molar-refractivity contribution in [3.8, 4) is 0 Å². The van der Waals surface area contributed by atoms with Crippen LogP contribution in [-0.2, 0) is 15.0 Å². The number of hydrogen-bond acceptors (Lipinski definition) is 4. The Morgan fingerprint density at radius 2 is 2.03 bits per heavy atom. The van der Waals surface area contributed by atoms with Gasteiger partial charge in [0.2, 0.25) is 0 Å². The molecule has 30 heavy (non-hydrogen) atoms. The van der Waals surface area contributed by atoms with Crippen molar-refractivity contribution in [3.63, 3.8) is 0 Å². The topological polar surface area (TPSA) is 74.6 Å². The van der Waals surface area contributed by atoms with Crippen molar-refractivity contribution in [2.24, 2.45) is 11.8 Å². The Kier molecular flexibility index (Phi) is 7.27. The number of carboxylic acid groups (broad SMARTS) is 1. The van der Waals surface area contributed by atoms with Gasteiger partial charge in [0.05, 0.1) is 6.10 Å². The molecule has 160 valence electrons. The maximum Gasteiger partial charge on any atom is 0.303 e. The third-order valence-corrected chi connectivity index (χ3v) is 7.31. The second kappa shape index (κ2) is 9.71. The molecule has 1 heterocycles. The minimum Gasteiger partial charge on any atom is -0.481 e. The SMILES string of the molecule is CC(C)(/C=C/[C@H]1C(=O)C[C@H](O)[C@@H]1C/C=C\CCCC(=O)O)c1cc2ccccc2s1. The van der Waals surface area contributed by atoms with Crippen LogP contribution < -0.4 is 0 Å². The van der Waals surface area contributed by atoms with E-state index in [1.54, 1.807) is 11.3 Å². The van der Waals surface area contributed by atoms with Crippen molar-refractivity contribution >= 4 is 33.2 Å². The molecule has 5 heteroatoms. The number of aliphatic hydroxyl groups excluding tert-OH is 1. The van der Waals surface area contributed by atoms with E-state index >= 15 is 0 Å². The van der Waals surface area contributed by atoms with Gasteiger partial charge < -0.3 is 10.2 Å². The highest BCUT2D eigenvalue weighted by Gasteiger charge is 2.39. The zero-order chi connectivity index (χ0) is 21.7. The zero-order valence-corrected chi connectivity index (χ0v) is 18.4. The minimum atomic E-state index is -0.785. The molecule has 4 nitrogen and oxygen atoms in total. The van der Waals surface area contributed by atoms with Crippen molar-refractivity contribution in [3.05, 3.63) is 59.5 Å². The molecule has 3 atom stereocenters. The van der Waals surface area contributed by atoms with Crippen LogP contribution in [0.5, 0.6) is 0 Å². The standard InChI is InChI=1S/C25H30O4S/c1-25(2,23-15-17-9-7-8-11-22(17)30-23)14-13-19-18(20(26)16-21(19)27)10-5-3-4-6-12-24(28)29/h3,5,7-9,11,13-15,18-20,26H,4,6,10,12,16H2,1-2H3,(H,28,29)/b5-3-,14-13+/t18-,19-,20+/m1/s1. The van der Waals surface area contributed by atoms with E-state index in [0.717, 1.165) is 0 Å². The van der Waals surface area contributed by atoms with Crippen molar-refractivity contribution in [2.45, 2.75) is 57.5 Å². The fourth-order valence-corrected chi connectivity index (χ4v) is 5.14. The number of Topliss-reactive ketones (excluding diaryl/α,β-unsaturated/α-hetero) is 1. The average molecular weight is 427 g/mol. The van der Waals surface area contributed by atoms with E-state index in [1.807, 2.05) is 30.4 Å². The van der Waals surface area contributed by atoms with Gasteiger partial charge in [-0.1, -0.05) is 56.4 Å². The van der Waals surface area contributed by atoms with Crippen LogP contribution in [0.1, 0.15) is 50.8 Å². The van der Waals surface area contributed by atoms with Crippen LogP contribution >= 0.6 is 11.3 Å². The lowest BCUT2D eigenvalue weighted by Gasteiger charge is -2.21. The van der Waals surface area contributed by atoms with Gasteiger partial charge in [-0.2, -0.15) is 0 Å². The maximum atomic E-state index is 12.5. The number of aliphatic carboxylic acids is 1. The molecule has 0 saturated heterocycles. The molecule has 0 radical (unpaired) electrons. The number of carboxylic acids is 1. The molecule has 3 rings (SSSR count). The van der Waals surface area contributed by atoms with Crippen molar-refractivity contribution < 1.29 is 19.8 Å². The van der Waals surface area contributed by atoms with Crippen molar-refractivity contribution in [2.75, 3.05) is 0 Å². The third-order valence-electron chi connectivity index (χ3n) is 5.85. The minimum absolute atomic E-state index is 0.0927. The van der Waals surface area contributed by atoms with Gasteiger partial charge in [0.1, 0.15) is 5.78 Å². The number of carbonyl (C=O) groups excluding carboxylic acids is 1. The Labute approximate surface area is 181 Å². The molecular weight excluding hydrogens is 396 g/mol. The number of rotatable bonds is 9. The number of ketones is 1. The Bertz CT molecular complexity index is 920. The van der Waals surface area contributed by atoms with E-state index in [0.29, 0.717) is 19.3 Å². The molecule has 1 saturated carbocycles. The number of hydrogen-bond donors (Lipinski definition) is 2. The molecule has 2 aromatic rings. The van der Waals surface area contributed by atoms with Crippen LogP contribution in [0.25, 0.3) is 10.1 Å². The summed E-state index contributed by atoms with van der Waals surface area (Å²) in [6, 6.07) is 10.5. The van der Waals surface area contributed by atoms with Crippen molar-refractivity contribution in [1.29, 1.82) is 0 Å². The number of thiophene rings is 1. The number of aliphatic hydroxyl groups is 1. The fourth-order valence-electron chi connectivity index (χ4n) is 3.99. The second-order valence-electron chi connectivity index (χ2n) is 8.65. The predicted octanol–water partition coefficient (Wildman–Crippen LogP) is 5.50. The number of benzene rings is 1. The average Bonchev–Trinajstić information content (AvgIpc) is 3.24. The van der Waals surface area contributed by atoms with Crippen LogP contribution in [-0.4, -0.2) is 28.1 Å². The molecule has 1 aromatic carbocycles. The molecule has 0 spiro atoms. The largest absolute Gasteiger partial charge is 0.481 e. The molecule has 0 unspecified atom stereocenters. The van der Waals surface area contributed by atoms with Crippen LogP contribution in [0.15, 0.2) is 54.6 Å². The van der Waals surface area contributed by atoms with Gasteiger partial charge >= 0.3 is 5.97 Å². The first-order valence-electron chi connectivity index (χ1n) is 10.5. The number of allylic oxidation sites excluding steroid dienone is 4. The van der Waals surface area contributed by atoms with Crippen molar-refractivity contribution in [1.82, 2.24) is 0 Å². The smallest absolute Gasteiger partial charge is 0.303 e. The highest BCUT2D eigenvalue weighted by molar-refractivity contribution is 7.19. The summed E-state index contributed by atoms with van der Waals surface area (Å²) in [7, 11) is 0. The molecule has 0 aliphatic heterocycles. The quantitative estimate of drug-likeness (QED) is 0.410. The Balaban J connectivity index is 1.67. The highest BCUT2D eigenvalue weighted by Crippen LogP contribution is 2.38. The summed E-state index contributed by atoms with van der Waals surface area (Å²) in [6.45, 7) is 4.31. The normalized spacial score (nSPS) is 22.6. The van der Waals surface area contributed by atoms with E-state index < -0.39 is 12.1 Å². The van der Waals surface area contributed by atoms with Crippen LogP contribution in [0, 0.1) is 11.8 Å². The molecule has 1 aliphatic carbocycles. The van der Waals surface area contributed by atoms with Gasteiger partial charge in [-0.3, -0.25) is 9.59 Å². The van der Waals surface area contributed by atoms with Crippen LogP contribution in [0.4, 0.5) is 0 Å². The zero-order valence-electron chi connectivity index (χ0n) is 17.6.